The maximum atomic E-state index is 12.0. The van der Waals surface area contributed by atoms with Gasteiger partial charge in [-0.05, 0) is 26.0 Å². The number of nitrogens with two attached hydrogens (primary N) is 1. The first-order valence-electron chi connectivity index (χ1n) is 5.81. The van der Waals surface area contributed by atoms with E-state index in [0.29, 0.717) is 6.54 Å². The smallest absolute Gasteiger partial charge is 0.305 e. The molecule has 5 nitrogen and oxygen atoms in total. The summed E-state index contributed by atoms with van der Waals surface area (Å²) in [6.07, 6.45) is -0.360. The first-order chi connectivity index (χ1) is 8.45. The lowest BCUT2D eigenvalue weighted by molar-refractivity contribution is -0.139. The minimum atomic E-state index is -1.07. The maximum Gasteiger partial charge on any atom is 0.305 e. The van der Waals surface area contributed by atoms with Gasteiger partial charge in [0.25, 0.3) is 0 Å². The number of carbonyl (C=O) groups excluding carboxylic acids is 1. The van der Waals surface area contributed by atoms with Gasteiger partial charge in [-0.25, -0.2) is 0 Å². The fourth-order valence-electron chi connectivity index (χ4n) is 1.67. The molecular formula is C13H18N2O3. The number of nitrogens with zero attached hydrogens (tertiary/aromatic N) is 1. The number of aryl methyl sites for hydroxylation is 1. The van der Waals surface area contributed by atoms with Gasteiger partial charge in [0.1, 0.15) is 0 Å². The Morgan fingerprint density at radius 1 is 1.33 bits per heavy atom. The number of amides is 1. The Morgan fingerprint density at radius 3 is 2.33 bits per heavy atom. The lowest BCUT2D eigenvalue weighted by atomic mass is 10.1. The molecule has 5 heteroatoms. The Balaban J connectivity index is 2.86. The van der Waals surface area contributed by atoms with Crippen LogP contribution in [0, 0.1) is 6.92 Å². The SMILES string of the molecule is CCN(C(=O)C(N)CC(=O)O)c1ccc(C)cc1. The highest BCUT2D eigenvalue weighted by atomic mass is 16.4. The van der Waals surface area contributed by atoms with Crippen LogP contribution in [0.1, 0.15) is 18.9 Å². The quantitative estimate of drug-likeness (QED) is 0.821. The number of aliphatic carboxylic acids is 1. The summed E-state index contributed by atoms with van der Waals surface area (Å²) in [5.41, 5.74) is 7.41. The van der Waals surface area contributed by atoms with Gasteiger partial charge in [-0.3, -0.25) is 9.59 Å². The van der Waals surface area contributed by atoms with E-state index in [9.17, 15) is 9.59 Å². The standard InChI is InChI=1S/C13H18N2O3/c1-3-15(10-6-4-9(2)5-7-10)13(18)11(14)8-12(16)17/h4-7,11H,3,8,14H2,1-2H3,(H,16,17). The predicted octanol–water partition coefficient (Wildman–Crippen LogP) is 1.15. The molecule has 1 amide bonds. The molecule has 0 bridgehead atoms. The minimum absolute atomic E-state index is 0.360. The summed E-state index contributed by atoms with van der Waals surface area (Å²) >= 11 is 0. The zero-order chi connectivity index (χ0) is 13.7. The van der Waals surface area contributed by atoms with Gasteiger partial charge in [0.15, 0.2) is 0 Å². The molecule has 0 heterocycles. The van der Waals surface area contributed by atoms with E-state index in [0.717, 1.165) is 11.3 Å². The molecule has 18 heavy (non-hydrogen) atoms. The van der Waals surface area contributed by atoms with E-state index < -0.39 is 12.0 Å². The summed E-state index contributed by atoms with van der Waals surface area (Å²) in [6, 6.07) is 6.43. The number of carbonyl (C=O) groups is 2. The Hall–Kier alpha value is -1.88. The van der Waals surface area contributed by atoms with Crippen molar-refractivity contribution in [3.63, 3.8) is 0 Å². The van der Waals surface area contributed by atoms with Crippen LogP contribution in [0.15, 0.2) is 24.3 Å². The summed E-state index contributed by atoms with van der Waals surface area (Å²) in [5, 5.41) is 8.64. The Kier molecular flexibility index (Phi) is 4.85. The van der Waals surface area contributed by atoms with E-state index in [2.05, 4.69) is 0 Å². The zero-order valence-electron chi connectivity index (χ0n) is 10.6. The van der Waals surface area contributed by atoms with E-state index in [1.165, 1.54) is 4.90 Å². The van der Waals surface area contributed by atoms with Gasteiger partial charge in [-0.15, -0.1) is 0 Å². The molecule has 0 aromatic heterocycles. The largest absolute Gasteiger partial charge is 0.481 e. The second kappa shape index (κ2) is 6.16. The van der Waals surface area contributed by atoms with Gasteiger partial charge >= 0.3 is 5.97 Å². The Morgan fingerprint density at radius 2 is 1.89 bits per heavy atom. The van der Waals surface area contributed by atoms with Gasteiger partial charge < -0.3 is 15.7 Å². The highest BCUT2D eigenvalue weighted by Gasteiger charge is 2.23. The van der Waals surface area contributed by atoms with Crippen LogP contribution in [0.2, 0.25) is 0 Å². The molecule has 0 fully saturated rings. The highest BCUT2D eigenvalue weighted by molar-refractivity contribution is 5.98. The zero-order valence-corrected chi connectivity index (χ0v) is 10.6. The van der Waals surface area contributed by atoms with Crippen molar-refractivity contribution in [3.8, 4) is 0 Å². The van der Waals surface area contributed by atoms with E-state index in [4.69, 9.17) is 10.8 Å². The number of carboxylic acids is 1. The van der Waals surface area contributed by atoms with Crippen LogP contribution in [0.25, 0.3) is 0 Å². The molecule has 0 spiro atoms. The van der Waals surface area contributed by atoms with Crippen molar-refractivity contribution in [3.05, 3.63) is 29.8 Å². The topological polar surface area (TPSA) is 83.6 Å². The number of likely N-dealkylation sites (N-methyl/N-ethyl adjacent to an activating group) is 1. The van der Waals surface area contributed by atoms with Gasteiger partial charge in [-0.2, -0.15) is 0 Å². The lowest BCUT2D eigenvalue weighted by Gasteiger charge is -2.24. The third kappa shape index (κ3) is 3.56. The van der Waals surface area contributed by atoms with Crippen LogP contribution in [0.4, 0.5) is 5.69 Å². The molecule has 0 aliphatic carbocycles. The van der Waals surface area contributed by atoms with Gasteiger partial charge in [0.2, 0.25) is 5.91 Å². The van der Waals surface area contributed by atoms with Crippen LogP contribution in [-0.4, -0.2) is 29.6 Å². The normalized spacial score (nSPS) is 11.9. The fourth-order valence-corrected chi connectivity index (χ4v) is 1.67. The van der Waals surface area contributed by atoms with Crippen LogP contribution in [0.5, 0.6) is 0 Å². The molecule has 1 unspecified atom stereocenters. The molecule has 0 saturated carbocycles. The molecule has 0 aliphatic heterocycles. The second-order valence-electron chi connectivity index (χ2n) is 4.12. The summed E-state index contributed by atoms with van der Waals surface area (Å²) < 4.78 is 0. The maximum absolute atomic E-state index is 12.0. The third-order valence-corrected chi connectivity index (χ3v) is 2.64. The Labute approximate surface area is 106 Å². The molecule has 0 radical (unpaired) electrons. The predicted molar refractivity (Wildman–Crippen MR) is 69.4 cm³/mol. The van der Waals surface area contributed by atoms with Crippen molar-refractivity contribution in [2.24, 2.45) is 5.73 Å². The fraction of sp³-hybridized carbons (Fsp3) is 0.385. The van der Waals surface area contributed by atoms with Crippen LogP contribution < -0.4 is 10.6 Å². The van der Waals surface area contributed by atoms with E-state index >= 15 is 0 Å². The minimum Gasteiger partial charge on any atom is -0.481 e. The van der Waals surface area contributed by atoms with Gasteiger partial charge in [0.05, 0.1) is 12.5 Å². The van der Waals surface area contributed by atoms with E-state index in [1.807, 2.05) is 38.1 Å². The number of carboxylic acid groups (broad SMARTS) is 1. The average molecular weight is 250 g/mol. The first kappa shape index (κ1) is 14.2. The van der Waals surface area contributed by atoms with Crippen molar-refractivity contribution in [1.29, 1.82) is 0 Å². The second-order valence-corrected chi connectivity index (χ2v) is 4.12. The van der Waals surface area contributed by atoms with E-state index in [-0.39, 0.29) is 12.3 Å². The molecule has 98 valence electrons. The van der Waals surface area contributed by atoms with Gasteiger partial charge in [0, 0.05) is 12.2 Å². The van der Waals surface area contributed by atoms with Crippen molar-refractivity contribution in [2.45, 2.75) is 26.3 Å². The summed E-state index contributed by atoms with van der Waals surface area (Å²) in [4.78, 5) is 24.1. The number of rotatable bonds is 5. The first-order valence-corrected chi connectivity index (χ1v) is 5.81. The molecule has 0 saturated heterocycles. The molecule has 1 aromatic carbocycles. The summed E-state index contributed by atoms with van der Waals surface area (Å²) in [5.74, 6) is -1.44. The molecule has 1 aromatic rings. The summed E-state index contributed by atoms with van der Waals surface area (Å²) in [7, 11) is 0. The molecule has 1 rings (SSSR count). The van der Waals surface area contributed by atoms with Crippen LogP contribution >= 0.6 is 0 Å². The van der Waals surface area contributed by atoms with Gasteiger partial charge in [-0.1, -0.05) is 17.7 Å². The van der Waals surface area contributed by atoms with Crippen molar-refractivity contribution in [1.82, 2.24) is 0 Å². The van der Waals surface area contributed by atoms with Crippen molar-refractivity contribution < 1.29 is 14.7 Å². The number of hydrogen-bond acceptors (Lipinski definition) is 3. The number of benzene rings is 1. The van der Waals surface area contributed by atoms with Crippen LogP contribution in [-0.2, 0) is 9.59 Å². The molecule has 1 atom stereocenters. The Bertz CT molecular complexity index is 428. The van der Waals surface area contributed by atoms with E-state index in [1.54, 1.807) is 0 Å². The molecular weight excluding hydrogens is 232 g/mol. The number of anilines is 1. The third-order valence-electron chi connectivity index (χ3n) is 2.64. The van der Waals surface area contributed by atoms with Crippen molar-refractivity contribution >= 4 is 17.6 Å². The monoisotopic (exact) mass is 250 g/mol. The average Bonchev–Trinajstić information content (AvgIpc) is 2.31. The molecule has 3 N–H and O–H groups in total. The van der Waals surface area contributed by atoms with Crippen LogP contribution in [0.3, 0.4) is 0 Å². The lowest BCUT2D eigenvalue weighted by Crippen LogP contribution is -2.45. The summed E-state index contributed by atoms with van der Waals surface area (Å²) in [6.45, 7) is 4.23. The van der Waals surface area contributed by atoms with Crippen molar-refractivity contribution in [2.75, 3.05) is 11.4 Å². The highest BCUT2D eigenvalue weighted by Crippen LogP contribution is 2.16. The number of hydrogen-bond donors (Lipinski definition) is 2. The molecule has 0 aliphatic rings.